The lowest BCUT2D eigenvalue weighted by Gasteiger charge is -2.12. The standard InChI is InChI=1S/C14H7Cl2F3N2/c15-10-1-2-13(8(3-10)7-20)21-12-5-9(14(17,18)19)4-11(16)6-12/h1-6,21H. The largest absolute Gasteiger partial charge is 0.416 e. The van der Waals surface area contributed by atoms with Crippen LogP contribution in [-0.4, -0.2) is 0 Å². The number of anilines is 2. The summed E-state index contributed by atoms with van der Waals surface area (Å²) in [5.74, 6) is 0. The maximum atomic E-state index is 12.7. The summed E-state index contributed by atoms with van der Waals surface area (Å²) in [4.78, 5) is 0. The normalized spacial score (nSPS) is 11.0. The zero-order chi connectivity index (χ0) is 15.6. The van der Waals surface area contributed by atoms with Crippen molar-refractivity contribution in [3.63, 3.8) is 0 Å². The lowest BCUT2D eigenvalue weighted by Crippen LogP contribution is -2.05. The van der Waals surface area contributed by atoms with Gasteiger partial charge in [0.05, 0.1) is 16.8 Å². The van der Waals surface area contributed by atoms with Crippen molar-refractivity contribution in [1.29, 1.82) is 5.26 Å². The van der Waals surface area contributed by atoms with Crippen LogP contribution in [0.2, 0.25) is 10.0 Å². The van der Waals surface area contributed by atoms with Crippen LogP contribution in [0.4, 0.5) is 24.5 Å². The Morgan fingerprint density at radius 2 is 1.71 bits per heavy atom. The van der Waals surface area contributed by atoms with Crippen molar-refractivity contribution >= 4 is 34.6 Å². The van der Waals surface area contributed by atoms with Crippen LogP contribution in [0.25, 0.3) is 0 Å². The Hall–Kier alpha value is -1.90. The van der Waals surface area contributed by atoms with Gasteiger partial charge in [0.15, 0.2) is 0 Å². The Bertz CT molecular complexity index is 721. The minimum absolute atomic E-state index is 0.0557. The summed E-state index contributed by atoms with van der Waals surface area (Å²) in [6, 6.07) is 9.46. The first-order chi connectivity index (χ1) is 9.79. The molecule has 2 nitrogen and oxygen atoms in total. The quantitative estimate of drug-likeness (QED) is 0.774. The Labute approximate surface area is 128 Å². The first-order valence-electron chi connectivity index (χ1n) is 5.64. The molecule has 0 amide bonds. The third-order valence-corrected chi connectivity index (χ3v) is 3.06. The fourth-order valence-corrected chi connectivity index (χ4v) is 2.11. The fraction of sp³-hybridized carbons (Fsp3) is 0.0714. The van der Waals surface area contributed by atoms with E-state index in [2.05, 4.69) is 5.32 Å². The number of nitrogens with zero attached hydrogens (tertiary/aromatic N) is 1. The van der Waals surface area contributed by atoms with Gasteiger partial charge in [-0.1, -0.05) is 23.2 Å². The Kier molecular flexibility index (Phi) is 4.31. The highest BCUT2D eigenvalue weighted by Crippen LogP contribution is 2.34. The predicted molar refractivity (Wildman–Crippen MR) is 75.9 cm³/mol. The van der Waals surface area contributed by atoms with Gasteiger partial charge in [-0.2, -0.15) is 18.4 Å². The molecule has 0 saturated carbocycles. The molecule has 0 aliphatic carbocycles. The van der Waals surface area contributed by atoms with Gasteiger partial charge in [0.1, 0.15) is 6.07 Å². The van der Waals surface area contributed by atoms with E-state index < -0.39 is 11.7 Å². The fourth-order valence-electron chi connectivity index (χ4n) is 1.70. The zero-order valence-electron chi connectivity index (χ0n) is 10.3. The SMILES string of the molecule is N#Cc1cc(Cl)ccc1Nc1cc(Cl)cc(C(F)(F)F)c1. The van der Waals surface area contributed by atoms with E-state index in [4.69, 9.17) is 28.5 Å². The van der Waals surface area contributed by atoms with E-state index in [1.54, 1.807) is 0 Å². The van der Waals surface area contributed by atoms with Crippen molar-refractivity contribution in [3.8, 4) is 6.07 Å². The average Bonchev–Trinajstić information content (AvgIpc) is 2.39. The molecule has 0 aliphatic heterocycles. The van der Waals surface area contributed by atoms with Crippen LogP contribution >= 0.6 is 23.2 Å². The molecule has 0 saturated heterocycles. The number of nitriles is 1. The summed E-state index contributed by atoms with van der Waals surface area (Å²) in [6.07, 6.45) is -4.50. The van der Waals surface area contributed by atoms with E-state index in [1.807, 2.05) is 6.07 Å². The topological polar surface area (TPSA) is 35.8 Å². The molecule has 0 atom stereocenters. The first-order valence-corrected chi connectivity index (χ1v) is 6.39. The van der Waals surface area contributed by atoms with E-state index in [0.717, 1.165) is 12.1 Å². The molecule has 21 heavy (non-hydrogen) atoms. The molecular weight excluding hydrogens is 324 g/mol. The molecule has 7 heteroatoms. The molecule has 2 aromatic rings. The van der Waals surface area contributed by atoms with Gasteiger partial charge in [-0.15, -0.1) is 0 Å². The van der Waals surface area contributed by atoms with Gasteiger partial charge in [0.2, 0.25) is 0 Å². The average molecular weight is 331 g/mol. The van der Waals surface area contributed by atoms with Crippen molar-refractivity contribution in [2.75, 3.05) is 5.32 Å². The highest BCUT2D eigenvalue weighted by Gasteiger charge is 2.31. The summed E-state index contributed by atoms with van der Waals surface area (Å²) < 4.78 is 38.2. The Balaban J connectivity index is 2.41. The van der Waals surface area contributed by atoms with Gasteiger partial charge in [-0.05, 0) is 36.4 Å². The van der Waals surface area contributed by atoms with Gasteiger partial charge in [-0.25, -0.2) is 0 Å². The molecule has 0 fully saturated rings. The molecule has 0 radical (unpaired) electrons. The summed E-state index contributed by atoms with van der Waals surface area (Å²) in [5, 5.41) is 12.0. The maximum absolute atomic E-state index is 12.7. The van der Waals surface area contributed by atoms with Crippen LogP contribution in [0.1, 0.15) is 11.1 Å². The molecule has 0 aromatic heterocycles. The van der Waals surface area contributed by atoms with Crippen molar-refractivity contribution in [2.45, 2.75) is 6.18 Å². The molecule has 2 aromatic carbocycles. The summed E-state index contributed by atoms with van der Waals surface area (Å²) in [5.41, 5.74) is -0.174. The van der Waals surface area contributed by atoms with Gasteiger partial charge in [-0.3, -0.25) is 0 Å². The minimum Gasteiger partial charge on any atom is -0.354 e. The van der Waals surface area contributed by atoms with Gasteiger partial charge < -0.3 is 5.32 Å². The summed E-state index contributed by atoms with van der Waals surface area (Å²) in [6.45, 7) is 0. The van der Waals surface area contributed by atoms with Gasteiger partial charge in [0.25, 0.3) is 0 Å². The monoisotopic (exact) mass is 330 g/mol. The molecule has 0 aliphatic rings. The molecule has 1 N–H and O–H groups in total. The molecular formula is C14H7Cl2F3N2. The number of nitrogens with one attached hydrogen (secondary N) is 1. The second kappa shape index (κ2) is 5.84. The van der Waals surface area contributed by atoms with Crippen LogP contribution in [0, 0.1) is 11.3 Å². The van der Waals surface area contributed by atoms with Crippen molar-refractivity contribution in [1.82, 2.24) is 0 Å². The number of rotatable bonds is 2. The Morgan fingerprint density at radius 1 is 1.00 bits per heavy atom. The smallest absolute Gasteiger partial charge is 0.354 e. The van der Waals surface area contributed by atoms with Gasteiger partial charge >= 0.3 is 6.18 Å². The molecule has 0 spiro atoms. The van der Waals surface area contributed by atoms with E-state index in [9.17, 15) is 13.2 Å². The first kappa shape index (κ1) is 15.5. The highest BCUT2D eigenvalue weighted by atomic mass is 35.5. The Morgan fingerprint density at radius 3 is 2.33 bits per heavy atom. The number of benzene rings is 2. The second-order valence-electron chi connectivity index (χ2n) is 4.15. The van der Waals surface area contributed by atoms with Crippen LogP contribution in [-0.2, 0) is 6.18 Å². The summed E-state index contributed by atoms with van der Waals surface area (Å²) in [7, 11) is 0. The molecule has 0 bridgehead atoms. The molecule has 0 unspecified atom stereocenters. The number of alkyl halides is 3. The van der Waals surface area contributed by atoms with E-state index in [-0.39, 0.29) is 16.3 Å². The second-order valence-corrected chi connectivity index (χ2v) is 5.03. The van der Waals surface area contributed by atoms with Crippen molar-refractivity contribution in [2.24, 2.45) is 0 Å². The van der Waals surface area contributed by atoms with Crippen molar-refractivity contribution < 1.29 is 13.2 Å². The molecule has 0 heterocycles. The zero-order valence-corrected chi connectivity index (χ0v) is 11.8. The lowest BCUT2D eigenvalue weighted by molar-refractivity contribution is -0.137. The van der Waals surface area contributed by atoms with E-state index >= 15 is 0 Å². The van der Waals surface area contributed by atoms with E-state index in [1.165, 1.54) is 24.3 Å². The number of halogens is 5. The number of hydrogen-bond acceptors (Lipinski definition) is 2. The highest BCUT2D eigenvalue weighted by molar-refractivity contribution is 6.31. The van der Waals surface area contributed by atoms with Crippen molar-refractivity contribution in [3.05, 3.63) is 57.6 Å². The maximum Gasteiger partial charge on any atom is 0.416 e. The number of hydrogen-bond donors (Lipinski definition) is 1. The van der Waals surface area contributed by atoms with Crippen LogP contribution in [0.3, 0.4) is 0 Å². The van der Waals surface area contributed by atoms with E-state index in [0.29, 0.717) is 10.7 Å². The summed E-state index contributed by atoms with van der Waals surface area (Å²) >= 11 is 11.5. The molecule has 2 rings (SSSR count). The third-order valence-electron chi connectivity index (χ3n) is 2.61. The minimum atomic E-state index is -4.50. The third kappa shape index (κ3) is 3.81. The van der Waals surface area contributed by atoms with Crippen LogP contribution in [0.5, 0.6) is 0 Å². The molecule has 108 valence electrons. The predicted octanol–water partition coefficient (Wildman–Crippen LogP) is 5.63. The van der Waals surface area contributed by atoms with Crippen LogP contribution < -0.4 is 5.32 Å². The lowest BCUT2D eigenvalue weighted by atomic mass is 10.1. The van der Waals surface area contributed by atoms with Gasteiger partial charge in [0, 0.05) is 15.7 Å². The van der Waals surface area contributed by atoms with Crippen LogP contribution in [0.15, 0.2) is 36.4 Å².